The van der Waals surface area contributed by atoms with Crippen LogP contribution < -0.4 is 5.32 Å². The van der Waals surface area contributed by atoms with E-state index in [0.29, 0.717) is 18.2 Å². The Balaban J connectivity index is 1.90. The van der Waals surface area contributed by atoms with Crippen molar-refractivity contribution in [1.82, 2.24) is 10.2 Å². The minimum Gasteiger partial charge on any atom is -0.335 e. The minimum atomic E-state index is -0.0331. The van der Waals surface area contributed by atoms with Crippen LogP contribution in [-0.2, 0) is 6.54 Å². The van der Waals surface area contributed by atoms with Crippen LogP contribution in [0.2, 0.25) is 0 Å². The molecule has 2 rings (SSSR count). The summed E-state index contributed by atoms with van der Waals surface area (Å²) in [5, 5.41) is 11.9. The van der Waals surface area contributed by atoms with Crippen LogP contribution in [0.3, 0.4) is 0 Å². The summed E-state index contributed by atoms with van der Waals surface area (Å²) in [4.78, 5) is 13.7. The summed E-state index contributed by atoms with van der Waals surface area (Å²) in [7, 11) is 1.78. The Morgan fingerprint density at radius 1 is 1.47 bits per heavy atom. The number of amides is 2. The first kappa shape index (κ1) is 13.4. The summed E-state index contributed by atoms with van der Waals surface area (Å²) in [5.74, 6) is 0. The molecule has 1 saturated carbocycles. The maximum atomic E-state index is 12.0. The monoisotopic (exact) mass is 257 g/mol. The molecule has 1 aliphatic carbocycles. The lowest BCUT2D eigenvalue weighted by Crippen LogP contribution is -2.41. The molecule has 0 unspecified atom stereocenters. The van der Waals surface area contributed by atoms with Crippen LogP contribution in [0.5, 0.6) is 0 Å². The molecule has 100 valence electrons. The van der Waals surface area contributed by atoms with Crippen molar-refractivity contribution in [1.29, 1.82) is 5.26 Å². The molecule has 19 heavy (non-hydrogen) atoms. The van der Waals surface area contributed by atoms with Gasteiger partial charge in [-0.2, -0.15) is 5.26 Å². The number of nitrogens with zero attached hydrogens (tertiary/aromatic N) is 2. The molecule has 2 amide bonds. The highest BCUT2D eigenvalue weighted by Crippen LogP contribution is 2.18. The number of carbonyl (C=O) groups excluding carboxylic acids is 1. The molecule has 0 aromatic heterocycles. The lowest BCUT2D eigenvalue weighted by Gasteiger charge is -2.21. The van der Waals surface area contributed by atoms with Crippen molar-refractivity contribution in [2.24, 2.45) is 0 Å². The molecule has 0 atom stereocenters. The van der Waals surface area contributed by atoms with Gasteiger partial charge in [0.2, 0.25) is 0 Å². The number of nitriles is 1. The summed E-state index contributed by atoms with van der Waals surface area (Å²) in [6.45, 7) is 0.522. The van der Waals surface area contributed by atoms with Crippen molar-refractivity contribution in [2.75, 3.05) is 7.05 Å². The number of benzene rings is 1. The quantitative estimate of drug-likeness (QED) is 0.905. The molecule has 1 N–H and O–H groups in total. The minimum absolute atomic E-state index is 0.0331. The predicted molar refractivity (Wildman–Crippen MR) is 73.4 cm³/mol. The largest absolute Gasteiger partial charge is 0.335 e. The highest BCUT2D eigenvalue weighted by molar-refractivity contribution is 5.74. The molecule has 0 aliphatic heterocycles. The van der Waals surface area contributed by atoms with Crippen molar-refractivity contribution < 1.29 is 4.79 Å². The van der Waals surface area contributed by atoms with Crippen LogP contribution in [0, 0.1) is 11.3 Å². The number of hydrogen-bond donors (Lipinski definition) is 1. The fourth-order valence-corrected chi connectivity index (χ4v) is 2.44. The van der Waals surface area contributed by atoms with E-state index >= 15 is 0 Å². The zero-order valence-corrected chi connectivity index (χ0v) is 11.2. The maximum absolute atomic E-state index is 12.0. The van der Waals surface area contributed by atoms with E-state index in [-0.39, 0.29) is 6.03 Å². The summed E-state index contributed by atoms with van der Waals surface area (Å²) in [6.07, 6.45) is 4.59. The summed E-state index contributed by atoms with van der Waals surface area (Å²) in [5.41, 5.74) is 1.60. The third-order valence-corrected chi connectivity index (χ3v) is 3.51. The van der Waals surface area contributed by atoms with Gasteiger partial charge in [-0.25, -0.2) is 4.79 Å². The van der Waals surface area contributed by atoms with E-state index < -0.39 is 0 Å². The van der Waals surface area contributed by atoms with Crippen LogP contribution >= 0.6 is 0 Å². The maximum Gasteiger partial charge on any atom is 0.317 e. The van der Waals surface area contributed by atoms with Gasteiger partial charge in [-0.15, -0.1) is 0 Å². The second kappa shape index (κ2) is 6.24. The zero-order chi connectivity index (χ0) is 13.7. The van der Waals surface area contributed by atoms with Gasteiger partial charge in [0, 0.05) is 19.6 Å². The molecule has 1 aliphatic rings. The zero-order valence-electron chi connectivity index (χ0n) is 11.2. The number of rotatable bonds is 3. The molecule has 1 aromatic carbocycles. The van der Waals surface area contributed by atoms with Crippen molar-refractivity contribution in [2.45, 2.75) is 38.3 Å². The predicted octanol–water partition coefficient (Wildman–Crippen LogP) is 2.64. The molecule has 1 aromatic rings. The Morgan fingerprint density at radius 3 is 2.89 bits per heavy atom. The lowest BCUT2D eigenvalue weighted by atomic mass is 10.1. The second-order valence-corrected chi connectivity index (χ2v) is 5.10. The first-order valence-electron chi connectivity index (χ1n) is 6.69. The summed E-state index contributed by atoms with van der Waals surface area (Å²) in [6, 6.07) is 9.77. The van der Waals surface area contributed by atoms with Gasteiger partial charge in [0.15, 0.2) is 0 Å². The molecular weight excluding hydrogens is 238 g/mol. The first-order valence-corrected chi connectivity index (χ1v) is 6.69. The van der Waals surface area contributed by atoms with Crippen molar-refractivity contribution >= 4 is 6.03 Å². The van der Waals surface area contributed by atoms with E-state index in [0.717, 1.165) is 18.4 Å². The van der Waals surface area contributed by atoms with Gasteiger partial charge >= 0.3 is 6.03 Å². The molecule has 0 bridgehead atoms. The summed E-state index contributed by atoms with van der Waals surface area (Å²) >= 11 is 0. The average molecular weight is 257 g/mol. The highest BCUT2D eigenvalue weighted by atomic mass is 16.2. The molecular formula is C15H19N3O. The molecule has 0 radical (unpaired) electrons. The van der Waals surface area contributed by atoms with Crippen molar-refractivity contribution in [3.63, 3.8) is 0 Å². The Hall–Kier alpha value is -2.02. The molecule has 4 heteroatoms. The topological polar surface area (TPSA) is 56.1 Å². The Bertz CT molecular complexity index is 486. The van der Waals surface area contributed by atoms with E-state index in [1.165, 1.54) is 12.8 Å². The van der Waals surface area contributed by atoms with Crippen LogP contribution in [0.25, 0.3) is 0 Å². The SMILES string of the molecule is CN(Cc1cccc(C#N)c1)C(=O)NC1CCCC1. The Morgan fingerprint density at radius 2 is 2.21 bits per heavy atom. The van der Waals surface area contributed by atoms with Gasteiger partial charge in [0.25, 0.3) is 0 Å². The Kier molecular flexibility index (Phi) is 4.40. The van der Waals surface area contributed by atoms with E-state index in [4.69, 9.17) is 5.26 Å². The van der Waals surface area contributed by atoms with E-state index in [2.05, 4.69) is 11.4 Å². The van der Waals surface area contributed by atoms with Gasteiger partial charge in [0.05, 0.1) is 11.6 Å². The standard InChI is InChI=1S/C15H19N3O/c1-18(15(19)17-14-7-2-3-8-14)11-13-6-4-5-12(9-13)10-16/h4-6,9,14H,2-3,7-8,11H2,1H3,(H,17,19). The average Bonchev–Trinajstić information content (AvgIpc) is 2.91. The fourth-order valence-electron chi connectivity index (χ4n) is 2.44. The van der Waals surface area contributed by atoms with Gasteiger partial charge in [-0.05, 0) is 30.5 Å². The van der Waals surface area contributed by atoms with Gasteiger partial charge < -0.3 is 10.2 Å². The van der Waals surface area contributed by atoms with E-state index in [9.17, 15) is 4.79 Å². The van der Waals surface area contributed by atoms with Crippen LogP contribution in [0.15, 0.2) is 24.3 Å². The van der Waals surface area contributed by atoms with Gasteiger partial charge in [0.1, 0.15) is 0 Å². The first-order chi connectivity index (χ1) is 9.19. The molecule has 0 heterocycles. The lowest BCUT2D eigenvalue weighted by molar-refractivity contribution is 0.203. The van der Waals surface area contributed by atoms with Gasteiger partial charge in [-0.1, -0.05) is 25.0 Å². The van der Waals surface area contributed by atoms with Crippen molar-refractivity contribution in [3.8, 4) is 6.07 Å². The molecule has 0 saturated heterocycles. The molecule has 0 spiro atoms. The van der Waals surface area contributed by atoms with Crippen molar-refractivity contribution in [3.05, 3.63) is 35.4 Å². The fraction of sp³-hybridized carbons (Fsp3) is 0.467. The van der Waals surface area contributed by atoms with Crippen LogP contribution in [0.4, 0.5) is 4.79 Å². The molecule has 1 fully saturated rings. The van der Waals surface area contributed by atoms with Crippen LogP contribution in [0.1, 0.15) is 36.8 Å². The number of carbonyl (C=O) groups is 1. The number of nitrogens with one attached hydrogen (secondary N) is 1. The third kappa shape index (κ3) is 3.72. The number of hydrogen-bond acceptors (Lipinski definition) is 2. The smallest absolute Gasteiger partial charge is 0.317 e. The Labute approximate surface area is 114 Å². The third-order valence-electron chi connectivity index (χ3n) is 3.51. The summed E-state index contributed by atoms with van der Waals surface area (Å²) < 4.78 is 0. The highest BCUT2D eigenvalue weighted by Gasteiger charge is 2.19. The van der Waals surface area contributed by atoms with Gasteiger partial charge in [-0.3, -0.25) is 0 Å². The normalized spacial score (nSPS) is 14.9. The van der Waals surface area contributed by atoms with Crippen LogP contribution in [-0.4, -0.2) is 24.0 Å². The van der Waals surface area contributed by atoms with E-state index in [1.807, 2.05) is 18.2 Å². The number of urea groups is 1. The molecule has 4 nitrogen and oxygen atoms in total. The second-order valence-electron chi connectivity index (χ2n) is 5.10. The van der Waals surface area contributed by atoms with E-state index in [1.54, 1.807) is 18.0 Å².